The number of sulfonamides is 1. The number of nitrogens with two attached hydrogens (primary N) is 1. The molecule has 0 amide bonds. The van der Waals surface area contributed by atoms with Crippen molar-refractivity contribution < 1.29 is 17.2 Å². The molecule has 0 unspecified atom stereocenters. The lowest BCUT2D eigenvalue weighted by Crippen LogP contribution is -2.31. The van der Waals surface area contributed by atoms with Crippen LogP contribution in [0.4, 0.5) is 4.39 Å². The second-order valence-electron chi connectivity index (χ2n) is 4.43. The van der Waals surface area contributed by atoms with Gasteiger partial charge in [-0.1, -0.05) is 13.0 Å². The first-order valence-electron chi connectivity index (χ1n) is 6.50. The Morgan fingerprint density at radius 1 is 1.29 bits per heavy atom. The molecule has 1 aromatic carbocycles. The second-order valence-corrected chi connectivity index (χ2v) is 6.34. The highest BCUT2D eigenvalue weighted by molar-refractivity contribution is 7.89. The summed E-state index contributed by atoms with van der Waals surface area (Å²) in [6.07, 6.45) is 1.48. The maximum atomic E-state index is 13.7. The Hall–Kier alpha value is -1.70. The summed E-state index contributed by atoms with van der Waals surface area (Å²) in [6.45, 7) is 1.86. The lowest BCUT2D eigenvalue weighted by Gasteiger charge is -2.21. The maximum Gasteiger partial charge on any atom is 0.243 e. The highest BCUT2D eigenvalue weighted by Gasteiger charge is 2.27. The smallest absolute Gasteiger partial charge is 0.243 e. The highest BCUT2D eigenvalue weighted by Crippen LogP contribution is 2.23. The molecular weight excluding hydrogens is 295 g/mol. The maximum absolute atomic E-state index is 13.7. The number of rotatable bonds is 6. The number of benzene rings is 1. The van der Waals surface area contributed by atoms with Gasteiger partial charge >= 0.3 is 0 Å². The van der Waals surface area contributed by atoms with Crippen molar-refractivity contribution >= 4 is 10.0 Å². The predicted molar refractivity (Wildman–Crippen MR) is 76.3 cm³/mol. The summed E-state index contributed by atoms with van der Waals surface area (Å²) >= 11 is 0. The van der Waals surface area contributed by atoms with Crippen molar-refractivity contribution in [1.29, 1.82) is 0 Å². The van der Waals surface area contributed by atoms with Crippen LogP contribution in [0.15, 0.2) is 45.9 Å². The molecule has 7 heteroatoms. The van der Waals surface area contributed by atoms with Gasteiger partial charge in [0.15, 0.2) is 0 Å². The molecule has 0 atom stereocenters. The van der Waals surface area contributed by atoms with Crippen molar-refractivity contribution in [3.63, 3.8) is 0 Å². The number of hydrogen-bond acceptors (Lipinski definition) is 4. The first-order valence-corrected chi connectivity index (χ1v) is 7.94. The van der Waals surface area contributed by atoms with Gasteiger partial charge in [0.2, 0.25) is 10.0 Å². The van der Waals surface area contributed by atoms with E-state index in [-0.39, 0.29) is 30.1 Å². The summed E-state index contributed by atoms with van der Waals surface area (Å²) in [6, 6.07) is 7.30. The normalized spacial score (nSPS) is 12.0. The Balaban J connectivity index is 2.42. The molecule has 0 bridgehead atoms. The van der Waals surface area contributed by atoms with Crippen LogP contribution in [-0.4, -0.2) is 19.3 Å². The summed E-state index contributed by atoms with van der Waals surface area (Å²) in [5.74, 6) is -0.0984. The average Bonchev–Trinajstić information content (AvgIpc) is 2.97. The van der Waals surface area contributed by atoms with Gasteiger partial charge in [-0.3, -0.25) is 0 Å². The predicted octanol–water partition coefficient (Wildman–Crippen LogP) is 2.09. The van der Waals surface area contributed by atoms with Crippen molar-refractivity contribution in [2.24, 2.45) is 5.73 Å². The molecule has 0 fully saturated rings. The van der Waals surface area contributed by atoms with Crippen molar-refractivity contribution in [1.82, 2.24) is 4.31 Å². The molecule has 1 heterocycles. The van der Waals surface area contributed by atoms with E-state index in [0.29, 0.717) is 5.76 Å². The largest absolute Gasteiger partial charge is 0.468 e. The first kappa shape index (κ1) is 15.7. The summed E-state index contributed by atoms with van der Waals surface area (Å²) in [4.78, 5) is -0.0987. The van der Waals surface area contributed by atoms with Crippen LogP contribution in [0.5, 0.6) is 0 Å². The van der Waals surface area contributed by atoms with E-state index in [0.717, 1.165) is 0 Å². The molecule has 0 spiro atoms. The summed E-state index contributed by atoms with van der Waals surface area (Å²) in [5, 5.41) is 0. The van der Waals surface area contributed by atoms with Gasteiger partial charge in [0.1, 0.15) is 11.6 Å². The van der Waals surface area contributed by atoms with E-state index in [1.807, 2.05) is 0 Å². The van der Waals surface area contributed by atoms with Crippen LogP contribution in [-0.2, 0) is 23.1 Å². The number of nitrogens with zero attached hydrogens (tertiary/aromatic N) is 1. The van der Waals surface area contributed by atoms with E-state index in [1.165, 1.54) is 28.8 Å². The number of furan rings is 1. The molecule has 0 saturated carbocycles. The van der Waals surface area contributed by atoms with E-state index in [1.54, 1.807) is 19.1 Å². The average molecular weight is 312 g/mol. The molecule has 21 heavy (non-hydrogen) atoms. The van der Waals surface area contributed by atoms with Gasteiger partial charge in [-0.2, -0.15) is 4.31 Å². The van der Waals surface area contributed by atoms with Gasteiger partial charge in [-0.15, -0.1) is 0 Å². The SMILES string of the molecule is CCN(Cc1ccco1)S(=O)(=O)c1cccc(F)c1CN. The Labute approximate surface area is 123 Å². The van der Waals surface area contributed by atoms with Gasteiger partial charge in [-0.25, -0.2) is 12.8 Å². The first-order chi connectivity index (χ1) is 10.0. The Bertz CT molecular complexity index is 699. The molecule has 2 N–H and O–H groups in total. The van der Waals surface area contributed by atoms with Crippen LogP contribution in [0.2, 0.25) is 0 Å². The lowest BCUT2D eigenvalue weighted by atomic mass is 10.2. The van der Waals surface area contributed by atoms with Gasteiger partial charge in [0.05, 0.1) is 17.7 Å². The molecular formula is C14H17FN2O3S. The zero-order valence-electron chi connectivity index (χ0n) is 11.6. The molecule has 0 aliphatic carbocycles. The second kappa shape index (κ2) is 6.38. The summed E-state index contributed by atoms with van der Waals surface area (Å²) in [7, 11) is -3.84. The van der Waals surface area contributed by atoms with Crippen LogP contribution in [0.1, 0.15) is 18.2 Å². The minimum Gasteiger partial charge on any atom is -0.468 e. The lowest BCUT2D eigenvalue weighted by molar-refractivity contribution is 0.375. The zero-order chi connectivity index (χ0) is 15.5. The quantitative estimate of drug-likeness (QED) is 0.886. The third-order valence-corrected chi connectivity index (χ3v) is 5.17. The standard InChI is InChI=1S/C14H17FN2O3S/c1-2-17(10-11-5-4-8-20-11)21(18,19)14-7-3-6-13(15)12(14)9-16/h3-8H,2,9-10,16H2,1H3. The van der Waals surface area contributed by atoms with Crippen molar-refractivity contribution in [2.75, 3.05) is 6.54 Å². The summed E-state index contributed by atoms with van der Waals surface area (Å²) < 4.78 is 45.5. The van der Waals surface area contributed by atoms with E-state index in [2.05, 4.69) is 0 Å². The zero-order valence-corrected chi connectivity index (χ0v) is 12.4. The number of halogens is 1. The van der Waals surface area contributed by atoms with Crippen molar-refractivity contribution in [3.8, 4) is 0 Å². The van der Waals surface area contributed by atoms with Gasteiger partial charge < -0.3 is 10.2 Å². The molecule has 114 valence electrons. The van der Waals surface area contributed by atoms with Gasteiger partial charge in [0, 0.05) is 18.7 Å². The van der Waals surface area contributed by atoms with Crippen LogP contribution < -0.4 is 5.73 Å². The van der Waals surface area contributed by atoms with Crippen LogP contribution in [0.3, 0.4) is 0 Å². The van der Waals surface area contributed by atoms with Crippen molar-refractivity contribution in [2.45, 2.75) is 24.9 Å². The molecule has 2 aromatic rings. The molecule has 1 aromatic heterocycles. The molecule has 0 radical (unpaired) electrons. The number of hydrogen-bond donors (Lipinski definition) is 1. The molecule has 0 aliphatic rings. The minimum absolute atomic E-state index is 0.00426. The van der Waals surface area contributed by atoms with E-state index in [9.17, 15) is 12.8 Å². The fourth-order valence-corrected chi connectivity index (χ4v) is 3.72. The van der Waals surface area contributed by atoms with E-state index in [4.69, 9.17) is 10.2 Å². The molecule has 0 saturated heterocycles. The Morgan fingerprint density at radius 2 is 2.05 bits per heavy atom. The monoisotopic (exact) mass is 312 g/mol. The molecule has 0 aliphatic heterocycles. The minimum atomic E-state index is -3.84. The third kappa shape index (κ3) is 3.15. The highest BCUT2D eigenvalue weighted by atomic mass is 32.2. The Morgan fingerprint density at radius 3 is 2.62 bits per heavy atom. The fourth-order valence-electron chi connectivity index (χ4n) is 2.06. The molecule has 5 nitrogen and oxygen atoms in total. The Kier molecular flexibility index (Phi) is 4.76. The third-order valence-electron chi connectivity index (χ3n) is 3.16. The van der Waals surface area contributed by atoms with Crippen LogP contribution >= 0.6 is 0 Å². The van der Waals surface area contributed by atoms with Crippen LogP contribution in [0.25, 0.3) is 0 Å². The van der Waals surface area contributed by atoms with Crippen LogP contribution in [0, 0.1) is 5.82 Å². The molecule has 2 rings (SSSR count). The van der Waals surface area contributed by atoms with Gasteiger partial charge in [-0.05, 0) is 24.3 Å². The fraction of sp³-hybridized carbons (Fsp3) is 0.286. The summed E-state index contributed by atoms with van der Waals surface area (Å²) in [5.41, 5.74) is 5.48. The van der Waals surface area contributed by atoms with E-state index < -0.39 is 15.8 Å². The van der Waals surface area contributed by atoms with E-state index >= 15 is 0 Å². The van der Waals surface area contributed by atoms with Gasteiger partial charge in [0.25, 0.3) is 0 Å². The van der Waals surface area contributed by atoms with Crippen molar-refractivity contribution in [3.05, 3.63) is 53.7 Å². The topological polar surface area (TPSA) is 76.5 Å².